The Morgan fingerprint density at radius 3 is 2.76 bits per heavy atom. The molecular formula is C27H33FN8O2. The van der Waals surface area contributed by atoms with Gasteiger partial charge in [-0.15, -0.1) is 5.10 Å². The summed E-state index contributed by atoms with van der Waals surface area (Å²) in [4.78, 5) is 27.6. The Bertz CT molecular complexity index is 1260. The van der Waals surface area contributed by atoms with Gasteiger partial charge in [0.15, 0.2) is 5.82 Å². The Labute approximate surface area is 221 Å². The standard InChI is InChI=1S/C27H33FN8O2/c1-35-26(32-33-34-35)19-6-4-7-22(14-19)30-27(38)31-24-8-3-2-5-20(24)15-36-16-23(29-25(37)17-36)13-18-9-11-21(28)12-10-18/h4,6-7,9-12,14,20,23-24H,2-3,5,8,13,15-17H2,1H3,(H,29,37)(H2,30,31,38)/t20-,23+,24+/m0/s1. The van der Waals surface area contributed by atoms with Crippen LogP contribution in [0.3, 0.4) is 0 Å². The Kier molecular flexibility index (Phi) is 7.92. The zero-order chi connectivity index (χ0) is 26.5. The molecule has 10 nitrogen and oxygen atoms in total. The van der Waals surface area contributed by atoms with Crippen molar-refractivity contribution in [3.05, 3.63) is 59.9 Å². The van der Waals surface area contributed by atoms with Crippen molar-refractivity contribution in [2.24, 2.45) is 13.0 Å². The molecule has 1 saturated heterocycles. The third kappa shape index (κ3) is 6.52. The van der Waals surface area contributed by atoms with E-state index < -0.39 is 0 Å². The molecule has 0 radical (unpaired) electrons. The largest absolute Gasteiger partial charge is 0.351 e. The Balaban J connectivity index is 1.18. The van der Waals surface area contributed by atoms with Gasteiger partial charge in [-0.25, -0.2) is 13.9 Å². The third-order valence-electron chi connectivity index (χ3n) is 7.32. The summed E-state index contributed by atoms with van der Waals surface area (Å²) in [6.07, 6.45) is 4.73. The Morgan fingerprint density at radius 2 is 1.97 bits per heavy atom. The average Bonchev–Trinajstić information content (AvgIpc) is 3.32. The summed E-state index contributed by atoms with van der Waals surface area (Å²) in [5.41, 5.74) is 2.46. The van der Waals surface area contributed by atoms with Crippen LogP contribution in [0.4, 0.5) is 14.9 Å². The van der Waals surface area contributed by atoms with Crippen molar-refractivity contribution < 1.29 is 14.0 Å². The Hall–Kier alpha value is -3.86. The molecule has 11 heteroatoms. The molecule has 0 spiro atoms. The van der Waals surface area contributed by atoms with Crippen molar-refractivity contribution >= 4 is 17.6 Å². The maximum atomic E-state index is 13.3. The van der Waals surface area contributed by atoms with Gasteiger partial charge in [-0.1, -0.05) is 37.1 Å². The molecule has 1 aliphatic carbocycles. The highest BCUT2D eigenvalue weighted by molar-refractivity contribution is 5.90. The number of nitrogens with one attached hydrogen (secondary N) is 3. The van der Waals surface area contributed by atoms with Crippen molar-refractivity contribution in [2.45, 2.75) is 44.2 Å². The van der Waals surface area contributed by atoms with E-state index in [0.29, 0.717) is 24.5 Å². The van der Waals surface area contributed by atoms with E-state index in [9.17, 15) is 14.0 Å². The number of piperazine rings is 1. The Morgan fingerprint density at radius 1 is 1.16 bits per heavy atom. The minimum Gasteiger partial charge on any atom is -0.351 e. The molecule has 0 bridgehead atoms. The summed E-state index contributed by atoms with van der Waals surface area (Å²) < 4.78 is 14.8. The first kappa shape index (κ1) is 25.8. The lowest BCUT2D eigenvalue weighted by molar-refractivity contribution is -0.125. The van der Waals surface area contributed by atoms with Gasteiger partial charge in [0.25, 0.3) is 0 Å². The summed E-state index contributed by atoms with van der Waals surface area (Å²) in [5.74, 6) is 0.602. The number of aryl methyl sites for hydroxylation is 1. The van der Waals surface area contributed by atoms with Gasteiger partial charge in [-0.2, -0.15) is 0 Å². The second-order valence-corrected chi connectivity index (χ2v) is 10.2. The van der Waals surface area contributed by atoms with Crippen LogP contribution in [0, 0.1) is 11.7 Å². The summed E-state index contributed by atoms with van der Waals surface area (Å²) in [6, 6.07) is 13.6. The molecular weight excluding hydrogens is 487 g/mol. The lowest BCUT2D eigenvalue weighted by Crippen LogP contribution is -2.57. The van der Waals surface area contributed by atoms with E-state index in [-0.39, 0.29) is 35.8 Å². The molecule has 2 heterocycles. The molecule has 3 N–H and O–H groups in total. The van der Waals surface area contributed by atoms with Crippen molar-refractivity contribution in [1.82, 2.24) is 35.7 Å². The summed E-state index contributed by atoms with van der Waals surface area (Å²) in [6.45, 7) is 1.81. The number of hydrogen-bond acceptors (Lipinski definition) is 6. The number of benzene rings is 2. The van der Waals surface area contributed by atoms with Crippen LogP contribution in [0.2, 0.25) is 0 Å². The molecule has 5 rings (SSSR count). The molecule has 3 atom stereocenters. The molecule has 200 valence electrons. The second kappa shape index (κ2) is 11.7. The zero-order valence-electron chi connectivity index (χ0n) is 21.4. The maximum Gasteiger partial charge on any atom is 0.319 e. The monoisotopic (exact) mass is 520 g/mol. The highest BCUT2D eigenvalue weighted by Crippen LogP contribution is 2.26. The van der Waals surface area contributed by atoms with Crippen molar-refractivity contribution in [3.63, 3.8) is 0 Å². The number of rotatable bonds is 7. The molecule has 2 aliphatic rings. The van der Waals surface area contributed by atoms with Crippen molar-refractivity contribution in [2.75, 3.05) is 25.0 Å². The second-order valence-electron chi connectivity index (χ2n) is 10.2. The van der Waals surface area contributed by atoms with Crippen LogP contribution in [0.1, 0.15) is 31.2 Å². The molecule has 3 aromatic rings. The summed E-state index contributed by atoms with van der Waals surface area (Å²) in [5, 5.41) is 20.8. The molecule has 2 aromatic carbocycles. The molecule has 1 aliphatic heterocycles. The fourth-order valence-corrected chi connectivity index (χ4v) is 5.55. The van der Waals surface area contributed by atoms with Crippen LogP contribution in [0.15, 0.2) is 48.5 Å². The van der Waals surface area contributed by atoms with E-state index >= 15 is 0 Å². The van der Waals surface area contributed by atoms with E-state index in [1.165, 1.54) is 12.1 Å². The van der Waals surface area contributed by atoms with Gasteiger partial charge in [0.2, 0.25) is 5.91 Å². The van der Waals surface area contributed by atoms with E-state index in [2.05, 4.69) is 36.4 Å². The number of hydrogen-bond donors (Lipinski definition) is 3. The van der Waals surface area contributed by atoms with E-state index in [0.717, 1.165) is 49.9 Å². The number of aromatic nitrogens is 4. The summed E-state index contributed by atoms with van der Waals surface area (Å²) in [7, 11) is 1.77. The lowest BCUT2D eigenvalue weighted by Gasteiger charge is -2.39. The predicted octanol–water partition coefficient (Wildman–Crippen LogP) is 2.74. The quantitative estimate of drug-likeness (QED) is 0.441. The number of amides is 3. The van der Waals surface area contributed by atoms with Crippen LogP contribution in [-0.4, -0.2) is 68.8 Å². The number of carbonyl (C=O) groups is 2. The fraction of sp³-hybridized carbons (Fsp3) is 0.444. The first-order valence-corrected chi connectivity index (χ1v) is 13.1. The number of carbonyl (C=O) groups excluding carboxylic acids is 2. The van der Waals surface area contributed by atoms with Crippen LogP contribution in [0.25, 0.3) is 11.4 Å². The predicted molar refractivity (Wildman–Crippen MR) is 141 cm³/mol. The van der Waals surface area contributed by atoms with Gasteiger partial charge in [0, 0.05) is 43.5 Å². The van der Waals surface area contributed by atoms with Gasteiger partial charge >= 0.3 is 6.03 Å². The molecule has 3 amide bonds. The number of tetrazole rings is 1. The van der Waals surface area contributed by atoms with Crippen molar-refractivity contribution in [3.8, 4) is 11.4 Å². The molecule has 1 aromatic heterocycles. The lowest BCUT2D eigenvalue weighted by atomic mass is 9.84. The topological polar surface area (TPSA) is 117 Å². The maximum absolute atomic E-state index is 13.3. The number of anilines is 1. The number of nitrogens with zero attached hydrogens (tertiary/aromatic N) is 5. The zero-order valence-corrected chi connectivity index (χ0v) is 21.4. The first-order chi connectivity index (χ1) is 18.4. The van der Waals surface area contributed by atoms with Crippen LogP contribution in [-0.2, 0) is 18.3 Å². The van der Waals surface area contributed by atoms with E-state index in [1.807, 2.05) is 24.3 Å². The number of halogens is 1. The van der Waals surface area contributed by atoms with E-state index in [1.54, 1.807) is 23.9 Å². The molecule has 1 saturated carbocycles. The smallest absolute Gasteiger partial charge is 0.319 e. The van der Waals surface area contributed by atoms with E-state index in [4.69, 9.17) is 0 Å². The summed E-state index contributed by atoms with van der Waals surface area (Å²) >= 11 is 0. The van der Waals surface area contributed by atoms with Gasteiger partial charge in [0.05, 0.1) is 6.54 Å². The minimum absolute atomic E-state index is 0.000540. The van der Waals surface area contributed by atoms with Gasteiger partial charge in [-0.3, -0.25) is 9.69 Å². The van der Waals surface area contributed by atoms with Gasteiger partial charge in [-0.05, 0) is 65.4 Å². The minimum atomic E-state index is -0.265. The highest BCUT2D eigenvalue weighted by atomic mass is 19.1. The van der Waals surface area contributed by atoms with Crippen LogP contribution >= 0.6 is 0 Å². The third-order valence-corrected chi connectivity index (χ3v) is 7.32. The number of urea groups is 1. The molecule has 38 heavy (non-hydrogen) atoms. The highest BCUT2D eigenvalue weighted by Gasteiger charge is 2.32. The normalized spacial score (nSPS) is 22.1. The van der Waals surface area contributed by atoms with Gasteiger partial charge < -0.3 is 16.0 Å². The molecule has 0 unspecified atom stereocenters. The first-order valence-electron chi connectivity index (χ1n) is 13.1. The SMILES string of the molecule is Cn1nnnc1-c1cccc(NC(=O)N[C@@H]2CCCC[C@H]2CN2CC(=O)N[C@H](Cc3ccc(F)cc3)C2)c1. The van der Waals surface area contributed by atoms with Crippen LogP contribution < -0.4 is 16.0 Å². The van der Waals surface area contributed by atoms with Crippen LogP contribution in [0.5, 0.6) is 0 Å². The van der Waals surface area contributed by atoms with Crippen molar-refractivity contribution in [1.29, 1.82) is 0 Å². The van der Waals surface area contributed by atoms with Gasteiger partial charge in [0.1, 0.15) is 5.82 Å². The average molecular weight is 521 g/mol. The fourth-order valence-electron chi connectivity index (χ4n) is 5.55. The molecule has 2 fully saturated rings.